The van der Waals surface area contributed by atoms with Gasteiger partial charge in [-0.1, -0.05) is 59.7 Å². The van der Waals surface area contributed by atoms with Gasteiger partial charge in [0.2, 0.25) is 0 Å². The Hall–Kier alpha value is -3.62. The van der Waals surface area contributed by atoms with Gasteiger partial charge in [0, 0.05) is 0 Å². The Kier molecular flexibility index (Phi) is 7.91. The largest absolute Gasteiger partial charge is 0.378 e. The molecule has 204 valence electrons. The molecule has 0 bridgehead atoms. The van der Waals surface area contributed by atoms with Crippen LogP contribution in [0.2, 0.25) is 0 Å². The summed E-state index contributed by atoms with van der Waals surface area (Å²) in [7, 11) is -7.93. The first kappa shape index (κ1) is 28.4. The van der Waals surface area contributed by atoms with Crippen LogP contribution in [0.4, 0.5) is 0 Å². The molecular formula is C31H32O6S2. The molecule has 0 N–H and O–H groups in total. The Bertz CT molecular complexity index is 1560. The number of rotatable bonds is 8. The van der Waals surface area contributed by atoms with E-state index in [1.54, 1.807) is 24.3 Å². The average Bonchev–Trinajstić information content (AvgIpc) is 2.84. The third-order valence-corrected chi connectivity index (χ3v) is 8.93. The van der Waals surface area contributed by atoms with Crippen LogP contribution in [0.25, 0.3) is 0 Å². The molecule has 0 spiro atoms. The molecule has 0 amide bonds. The topological polar surface area (TPSA) is 86.7 Å². The number of hydrogen-bond donors (Lipinski definition) is 0. The van der Waals surface area contributed by atoms with Gasteiger partial charge in [0.05, 0.1) is 0 Å². The Labute approximate surface area is 231 Å². The normalized spacial score (nSPS) is 11.8. The van der Waals surface area contributed by atoms with Crippen LogP contribution in [0.15, 0.2) is 82.6 Å². The minimum atomic E-state index is -3.96. The molecule has 0 radical (unpaired) electrons. The summed E-state index contributed by atoms with van der Waals surface area (Å²) < 4.78 is 62.4. The molecule has 0 unspecified atom stereocenters. The van der Waals surface area contributed by atoms with Gasteiger partial charge in [-0.25, -0.2) is 0 Å². The van der Waals surface area contributed by atoms with Crippen LogP contribution in [-0.4, -0.2) is 16.8 Å². The van der Waals surface area contributed by atoms with Crippen molar-refractivity contribution in [3.05, 3.63) is 117 Å². The molecule has 0 fully saturated rings. The minimum Gasteiger partial charge on any atom is -0.378 e. The molecule has 39 heavy (non-hydrogen) atoms. The molecule has 6 nitrogen and oxygen atoms in total. The first-order chi connectivity index (χ1) is 18.2. The quantitative estimate of drug-likeness (QED) is 0.222. The number of hydrogen-bond acceptors (Lipinski definition) is 6. The summed E-state index contributed by atoms with van der Waals surface area (Å²) in [5, 5.41) is 0. The molecule has 0 aromatic heterocycles. The highest BCUT2D eigenvalue weighted by Crippen LogP contribution is 2.32. The zero-order valence-electron chi connectivity index (χ0n) is 22.9. The van der Waals surface area contributed by atoms with Gasteiger partial charge in [0.25, 0.3) is 0 Å². The fourth-order valence-electron chi connectivity index (χ4n) is 4.51. The standard InChI is InChI=1S/C31H32O6S2/c1-20-7-11-28(12-8-20)38(32,33)36-30-22(3)15-26(16-23(30)4)19-27-17-24(5)31(25(6)18-27)37-39(34,35)29-13-9-21(2)10-14-29/h7-18H,19H2,1-6H3. The lowest BCUT2D eigenvalue weighted by Crippen LogP contribution is -2.12. The third-order valence-electron chi connectivity index (χ3n) is 6.45. The zero-order valence-corrected chi connectivity index (χ0v) is 24.5. The maximum Gasteiger partial charge on any atom is 0.339 e. The smallest absolute Gasteiger partial charge is 0.339 e. The predicted octanol–water partition coefficient (Wildman–Crippen LogP) is 6.66. The van der Waals surface area contributed by atoms with Crippen LogP contribution >= 0.6 is 0 Å². The Morgan fingerprint density at radius 1 is 0.487 bits per heavy atom. The van der Waals surface area contributed by atoms with Gasteiger partial charge in [-0.05, 0) is 106 Å². The maximum atomic E-state index is 12.8. The van der Waals surface area contributed by atoms with Crippen LogP contribution in [0.5, 0.6) is 11.5 Å². The second-order valence-electron chi connectivity index (χ2n) is 10.00. The lowest BCUT2D eigenvalue weighted by Gasteiger charge is -2.16. The van der Waals surface area contributed by atoms with E-state index in [-0.39, 0.29) is 9.79 Å². The van der Waals surface area contributed by atoms with E-state index in [2.05, 4.69) is 0 Å². The molecule has 4 aromatic rings. The average molecular weight is 565 g/mol. The van der Waals surface area contributed by atoms with Crippen LogP contribution in [-0.2, 0) is 26.7 Å². The van der Waals surface area contributed by atoms with Crippen molar-refractivity contribution < 1.29 is 25.2 Å². The number of benzene rings is 4. The molecule has 4 aromatic carbocycles. The minimum absolute atomic E-state index is 0.105. The Morgan fingerprint density at radius 3 is 1.05 bits per heavy atom. The molecule has 0 aliphatic carbocycles. The molecule has 4 rings (SSSR count). The van der Waals surface area contributed by atoms with Crippen molar-refractivity contribution in [2.24, 2.45) is 0 Å². The van der Waals surface area contributed by atoms with E-state index >= 15 is 0 Å². The fourth-order valence-corrected chi connectivity index (χ4v) is 6.60. The fraction of sp³-hybridized carbons (Fsp3) is 0.226. The van der Waals surface area contributed by atoms with E-state index in [9.17, 15) is 16.8 Å². The third kappa shape index (κ3) is 6.52. The van der Waals surface area contributed by atoms with Gasteiger partial charge in [0.15, 0.2) is 0 Å². The Morgan fingerprint density at radius 2 is 0.769 bits per heavy atom. The van der Waals surface area contributed by atoms with Crippen molar-refractivity contribution in [3.8, 4) is 11.5 Å². The van der Waals surface area contributed by atoms with E-state index in [1.807, 2.05) is 65.8 Å². The van der Waals surface area contributed by atoms with Crippen molar-refractivity contribution in [3.63, 3.8) is 0 Å². The lowest BCUT2D eigenvalue weighted by atomic mass is 9.97. The highest BCUT2D eigenvalue weighted by atomic mass is 32.2. The maximum absolute atomic E-state index is 12.8. The first-order valence-corrected chi connectivity index (χ1v) is 15.3. The summed E-state index contributed by atoms with van der Waals surface area (Å²) in [4.78, 5) is 0.210. The highest BCUT2D eigenvalue weighted by molar-refractivity contribution is 7.87. The summed E-state index contributed by atoms with van der Waals surface area (Å²) >= 11 is 0. The number of aryl methyl sites for hydroxylation is 6. The molecule has 0 atom stereocenters. The summed E-state index contributed by atoms with van der Waals surface area (Å²) in [6, 6.07) is 20.7. The van der Waals surface area contributed by atoms with Gasteiger partial charge in [-0.3, -0.25) is 0 Å². The van der Waals surface area contributed by atoms with Crippen LogP contribution in [0, 0.1) is 41.5 Å². The SMILES string of the molecule is Cc1ccc(S(=O)(=O)Oc2c(C)cc(Cc3cc(C)c(OS(=O)(=O)c4ccc(C)cc4)c(C)c3)cc2C)cc1. The summed E-state index contributed by atoms with van der Waals surface area (Å²) in [6.45, 7) is 11.1. The van der Waals surface area contributed by atoms with Crippen molar-refractivity contribution in [1.82, 2.24) is 0 Å². The van der Waals surface area contributed by atoms with Crippen LogP contribution < -0.4 is 8.37 Å². The Balaban J connectivity index is 1.55. The van der Waals surface area contributed by atoms with Crippen LogP contribution in [0.3, 0.4) is 0 Å². The second kappa shape index (κ2) is 10.9. The summed E-state index contributed by atoms with van der Waals surface area (Å²) in [5.74, 6) is 0.633. The van der Waals surface area contributed by atoms with Gasteiger partial charge < -0.3 is 8.37 Å². The monoisotopic (exact) mass is 564 g/mol. The summed E-state index contributed by atoms with van der Waals surface area (Å²) in [6.07, 6.45) is 0.569. The van der Waals surface area contributed by atoms with E-state index in [1.165, 1.54) is 24.3 Å². The first-order valence-electron chi connectivity index (χ1n) is 12.5. The van der Waals surface area contributed by atoms with Crippen molar-refractivity contribution in [1.29, 1.82) is 0 Å². The molecule has 0 saturated carbocycles. The van der Waals surface area contributed by atoms with E-state index in [0.717, 1.165) is 22.3 Å². The van der Waals surface area contributed by atoms with Gasteiger partial charge in [-0.2, -0.15) is 16.8 Å². The predicted molar refractivity (Wildman–Crippen MR) is 153 cm³/mol. The van der Waals surface area contributed by atoms with Gasteiger partial charge in [0.1, 0.15) is 21.3 Å². The van der Waals surface area contributed by atoms with E-state index < -0.39 is 20.2 Å². The lowest BCUT2D eigenvalue weighted by molar-refractivity contribution is 0.480. The molecule has 0 saturated heterocycles. The molecule has 0 heterocycles. The molecule has 0 aliphatic rings. The van der Waals surface area contributed by atoms with E-state index in [4.69, 9.17) is 8.37 Å². The van der Waals surface area contributed by atoms with Crippen LogP contribution in [0.1, 0.15) is 44.5 Å². The van der Waals surface area contributed by atoms with Crippen molar-refractivity contribution >= 4 is 20.2 Å². The van der Waals surface area contributed by atoms with Gasteiger partial charge >= 0.3 is 20.2 Å². The van der Waals surface area contributed by atoms with Gasteiger partial charge in [-0.15, -0.1) is 0 Å². The summed E-state index contributed by atoms with van der Waals surface area (Å²) in [5.41, 5.74) is 6.70. The molecule has 0 aliphatic heterocycles. The molecular weight excluding hydrogens is 532 g/mol. The second-order valence-corrected chi connectivity index (χ2v) is 13.1. The van der Waals surface area contributed by atoms with E-state index in [0.29, 0.717) is 40.2 Å². The zero-order chi connectivity index (χ0) is 28.5. The highest BCUT2D eigenvalue weighted by Gasteiger charge is 2.21. The van der Waals surface area contributed by atoms with Crippen molar-refractivity contribution in [2.45, 2.75) is 57.8 Å². The van der Waals surface area contributed by atoms with Crippen molar-refractivity contribution in [2.75, 3.05) is 0 Å². The molecule has 8 heteroatoms.